The smallest absolute Gasteiger partial charge is 0.308 e. The third-order valence-corrected chi connectivity index (χ3v) is 3.94. The van der Waals surface area contributed by atoms with Gasteiger partial charge in [-0.2, -0.15) is 0 Å². The molecule has 0 bridgehead atoms. The molecule has 1 aliphatic rings. The normalized spacial score (nSPS) is 19.0. The van der Waals surface area contributed by atoms with Crippen molar-refractivity contribution in [3.8, 4) is 0 Å². The summed E-state index contributed by atoms with van der Waals surface area (Å²) in [5, 5.41) is 9.00. The van der Waals surface area contributed by atoms with E-state index < -0.39 is 17.7 Å². The monoisotopic (exact) mass is 355 g/mol. The molecule has 1 heterocycles. The number of likely N-dealkylation sites (tertiary alicyclic amines) is 1. The van der Waals surface area contributed by atoms with E-state index >= 15 is 0 Å². The van der Waals surface area contributed by atoms with Crippen molar-refractivity contribution in [1.29, 1.82) is 0 Å². The van der Waals surface area contributed by atoms with Crippen molar-refractivity contribution in [3.63, 3.8) is 0 Å². The molecular formula is C15H15BrFNO3. The molecule has 0 spiro atoms. The van der Waals surface area contributed by atoms with Crippen LogP contribution in [0.15, 0.2) is 28.7 Å². The zero-order valence-corrected chi connectivity index (χ0v) is 12.8. The number of carbonyl (C=O) groups is 2. The minimum Gasteiger partial charge on any atom is -0.481 e. The number of nitrogens with zero attached hydrogens (tertiary/aromatic N) is 1. The van der Waals surface area contributed by atoms with Crippen LogP contribution in [0.4, 0.5) is 4.39 Å². The van der Waals surface area contributed by atoms with Gasteiger partial charge in [0.1, 0.15) is 5.82 Å². The fourth-order valence-electron chi connectivity index (χ4n) is 2.29. The highest BCUT2D eigenvalue weighted by molar-refractivity contribution is 9.10. The third kappa shape index (κ3) is 4.14. The lowest BCUT2D eigenvalue weighted by atomic mass is 9.98. The summed E-state index contributed by atoms with van der Waals surface area (Å²) < 4.78 is 14.3. The highest BCUT2D eigenvalue weighted by Crippen LogP contribution is 2.19. The Bertz CT molecular complexity index is 588. The summed E-state index contributed by atoms with van der Waals surface area (Å²) >= 11 is 3.24. The number of hydrogen-bond donors (Lipinski definition) is 1. The van der Waals surface area contributed by atoms with Crippen molar-refractivity contribution in [2.75, 3.05) is 13.1 Å². The predicted octanol–water partition coefficient (Wildman–Crippen LogP) is 2.92. The number of piperidine rings is 1. The van der Waals surface area contributed by atoms with Crippen molar-refractivity contribution >= 4 is 33.9 Å². The Labute approximate surface area is 130 Å². The van der Waals surface area contributed by atoms with E-state index in [1.807, 2.05) is 0 Å². The second kappa shape index (κ2) is 6.85. The molecule has 1 atom stereocenters. The van der Waals surface area contributed by atoms with Crippen LogP contribution in [0.3, 0.4) is 0 Å². The Morgan fingerprint density at radius 1 is 1.43 bits per heavy atom. The van der Waals surface area contributed by atoms with Crippen LogP contribution >= 0.6 is 15.9 Å². The topological polar surface area (TPSA) is 57.6 Å². The molecule has 1 aromatic carbocycles. The van der Waals surface area contributed by atoms with Crippen molar-refractivity contribution < 1.29 is 19.1 Å². The Hall–Kier alpha value is -1.69. The Morgan fingerprint density at radius 2 is 2.19 bits per heavy atom. The summed E-state index contributed by atoms with van der Waals surface area (Å²) in [6.07, 6.45) is 3.95. The molecule has 0 aromatic heterocycles. The Kier molecular flexibility index (Phi) is 5.12. The maximum Gasteiger partial charge on any atom is 0.308 e. The second-order valence-electron chi connectivity index (χ2n) is 4.96. The quantitative estimate of drug-likeness (QED) is 0.848. The standard InChI is InChI=1S/C15H15BrFNO3/c16-12-4-5-13(17)10(8-12)3-6-14(19)18-7-1-2-11(9-18)15(20)21/h3-6,8,11H,1-2,7,9H2,(H,20,21)/b6-3+/t11-/m1/s1. The molecule has 1 aromatic rings. The number of benzene rings is 1. The number of rotatable bonds is 3. The molecule has 1 aliphatic heterocycles. The van der Waals surface area contributed by atoms with Crippen molar-refractivity contribution in [1.82, 2.24) is 4.90 Å². The van der Waals surface area contributed by atoms with Gasteiger partial charge in [0.15, 0.2) is 0 Å². The van der Waals surface area contributed by atoms with E-state index in [4.69, 9.17) is 5.11 Å². The molecule has 0 unspecified atom stereocenters. The van der Waals surface area contributed by atoms with Gasteiger partial charge in [-0.25, -0.2) is 4.39 Å². The van der Waals surface area contributed by atoms with E-state index in [1.165, 1.54) is 23.1 Å². The minimum atomic E-state index is -0.880. The fourth-order valence-corrected chi connectivity index (χ4v) is 2.67. The molecular weight excluding hydrogens is 341 g/mol. The fraction of sp³-hybridized carbons (Fsp3) is 0.333. The maximum atomic E-state index is 13.6. The molecule has 2 rings (SSSR count). The van der Waals surface area contributed by atoms with Gasteiger partial charge in [0.05, 0.1) is 5.92 Å². The van der Waals surface area contributed by atoms with Crippen LogP contribution in [0.5, 0.6) is 0 Å². The zero-order valence-electron chi connectivity index (χ0n) is 11.3. The van der Waals surface area contributed by atoms with Gasteiger partial charge in [0.25, 0.3) is 0 Å². The van der Waals surface area contributed by atoms with Gasteiger partial charge in [-0.05, 0) is 37.1 Å². The van der Waals surface area contributed by atoms with Crippen LogP contribution in [-0.4, -0.2) is 35.0 Å². The lowest BCUT2D eigenvalue weighted by Gasteiger charge is -2.29. The van der Waals surface area contributed by atoms with E-state index in [9.17, 15) is 14.0 Å². The lowest BCUT2D eigenvalue weighted by Crippen LogP contribution is -2.41. The number of carboxylic acids is 1. The van der Waals surface area contributed by atoms with E-state index in [2.05, 4.69) is 15.9 Å². The number of carboxylic acid groups (broad SMARTS) is 1. The molecule has 0 radical (unpaired) electrons. The lowest BCUT2D eigenvalue weighted by molar-refractivity contribution is -0.144. The summed E-state index contributed by atoms with van der Waals surface area (Å²) in [6.45, 7) is 0.743. The van der Waals surface area contributed by atoms with Gasteiger partial charge >= 0.3 is 5.97 Å². The molecule has 21 heavy (non-hydrogen) atoms. The Balaban J connectivity index is 2.05. The van der Waals surface area contributed by atoms with Crippen LogP contribution in [0.2, 0.25) is 0 Å². The highest BCUT2D eigenvalue weighted by Gasteiger charge is 2.27. The van der Waals surface area contributed by atoms with Crippen molar-refractivity contribution in [3.05, 3.63) is 40.1 Å². The molecule has 4 nitrogen and oxygen atoms in total. The first kappa shape index (κ1) is 15.7. The molecule has 1 amide bonds. The van der Waals surface area contributed by atoms with Gasteiger partial charge in [0, 0.05) is 29.2 Å². The van der Waals surface area contributed by atoms with Crippen LogP contribution < -0.4 is 0 Å². The minimum absolute atomic E-state index is 0.208. The van der Waals surface area contributed by atoms with Gasteiger partial charge in [0.2, 0.25) is 5.91 Å². The first-order valence-corrected chi connectivity index (χ1v) is 7.41. The molecule has 1 saturated heterocycles. The molecule has 6 heteroatoms. The largest absolute Gasteiger partial charge is 0.481 e. The number of halogens is 2. The van der Waals surface area contributed by atoms with Gasteiger partial charge in [-0.3, -0.25) is 9.59 Å². The molecule has 1 fully saturated rings. The first-order valence-electron chi connectivity index (χ1n) is 6.62. The summed E-state index contributed by atoms with van der Waals surface area (Å²) in [5.74, 6) is -2.10. The van der Waals surface area contributed by atoms with Gasteiger partial charge in [-0.15, -0.1) is 0 Å². The summed E-state index contributed by atoms with van der Waals surface area (Å²) in [6, 6.07) is 4.47. The van der Waals surface area contributed by atoms with E-state index in [-0.39, 0.29) is 12.5 Å². The summed E-state index contributed by atoms with van der Waals surface area (Å²) in [4.78, 5) is 24.5. The van der Waals surface area contributed by atoms with Gasteiger partial charge in [-0.1, -0.05) is 15.9 Å². The van der Waals surface area contributed by atoms with Crippen LogP contribution in [0.25, 0.3) is 6.08 Å². The number of aliphatic carboxylic acids is 1. The van der Waals surface area contributed by atoms with Crippen LogP contribution in [0.1, 0.15) is 18.4 Å². The second-order valence-corrected chi connectivity index (χ2v) is 5.88. The molecule has 0 saturated carbocycles. The van der Waals surface area contributed by atoms with E-state index in [0.29, 0.717) is 24.9 Å². The third-order valence-electron chi connectivity index (χ3n) is 3.45. The molecule has 1 N–H and O–H groups in total. The summed E-state index contributed by atoms with van der Waals surface area (Å²) in [5.41, 5.74) is 0.310. The van der Waals surface area contributed by atoms with E-state index in [0.717, 1.165) is 4.47 Å². The van der Waals surface area contributed by atoms with Gasteiger partial charge < -0.3 is 10.0 Å². The zero-order chi connectivity index (χ0) is 15.4. The average Bonchev–Trinajstić information content (AvgIpc) is 2.48. The van der Waals surface area contributed by atoms with Crippen LogP contribution in [-0.2, 0) is 9.59 Å². The van der Waals surface area contributed by atoms with Crippen LogP contribution in [0, 0.1) is 11.7 Å². The molecule has 0 aliphatic carbocycles. The van der Waals surface area contributed by atoms with Crippen molar-refractivity contribution in [2.24, 2.45) is 5.92 Å². The highest BCUT2D eigenvalue weighted by atomic mass is 79.9. The first-order chi connectivity index (χ1) is 9.97. The summed E-state index contributed by atoms with van der Waals surface area (Å²) in [7, 11) is 0. The Morgan fingerprint density at radius 3 is 2.90 bits per heavy atom. The van der Waals surface area contributed by atoms with E-state index in [1.54, 1.807) is 12.1 Å². The number of carbonyl (C=O) groups excluding carboxylic acids is 1. The maximum absolute atomic E-state index is 13.6. The SMILES string of the molecule is O=C(O)[C@@H]1CCCN(C(=O)/C=C/c2cc(Br)ccc2F)C1. The average molecular weight is 356 g/mol. The number of amides is 1. The predicted molar refractivity (Wildman–Crippen MR) is 80.1 cm³/mol. The molecule has 112 valence electrons. The van der Waals surface area contributed by atoms with Crippen molar-refractivity contribution in [2.45, 2.75) is 12.8 Å². The number of hydrogen-bond acceptors (Lipinski definition) is 2.